The number of likely N-dealkylation sites (tertiary alicyclic amines) is 1. The fraction of sp³-hybridized carbons (Fsp3) is 0.250. The molecule has 0 radical (unpaired) electrons. The lowest BCUT2D eigenvalue weighted by Crippen LogP contribution is -2.40. The van der Waals surface area contributed by atoms with Crippen molar-refractivity contribution in [2.75, 3.05) is 13.1 Å². The highest BCUT2D eigenvalue weighted by Gasteiger charge is 2.30. The Bertz CT molecular complexity index is 977. The van der Waals surface area contributed by atoms with Crippen molar-refractivity contribution in [3.05, 3.63) is 83.9 Å². The quantitative estimate of drug-likeness (QED) is 0.620. The molecule has 1 amide bonds. The Labute approximate surface area is 164 Å². The second kappa shape index (κ2) is 8.26. The van der Waals surface area contributed by atoms with Crippen molar-refractivity contribution in [1.29, 1.82) is 0 Å². The second-order valence-corrected chi connectivity index (χ2v) is 7.14. The fourth-order valence-corrected chi connectivity index (χ4v) is 3.66. The van der Waals surface area contributed by atoms with E-state index in [1.54, 1.807) is 6.07 Å². The molecule has 28 heavy (non-hydrogen) atoms. The van der Waals surface area contributed by atoms with Gasteiger partial charge in [-0.05, 0) is 42.2 Å². The molecule has 0 aromatic heterocycles. The lowest BCUT2D eigenvalue weighted by Gasteiger charge is -2.30. The van der Waals surface area contributed by atoms with Gasteiger partial charge in [-0.15, -0.1) is 0 Å². The van der Waals surface area contributed by atoms with Crippen LogP contribution in [0.4, 0.5) is 0 Å². The van der Waals surface area contributed by atoms with Gasteiger partial charge in [0.2, 0.25) is 6.10 Å². The van der Waals surface area contributed by atoms with Crippen LogP contribution in [-0.4, -0.2) is 29.9 Å². The van der Waals surface area contributed by atoms with Crippen molar-refractivity contribution in [3.63, 3.8) is 0 Å². The number of carbonyl (C=O) groups is 2. The van der Waals surface area contributed by atoms with Crippen LogP contribution in [0.2, 0.25) is 0 Å². The van der Waals surface area contributed by atoms with E-state index in [2.05, 4.69) is 0 Å². The molecule has 0 saturated carbocycles. The molecule has 4 nitrogen and oxygen atoms in total. The molecular weight excluding hydrogens is 350 g/mol. The first kappa shape index (κ1) is 18.2. The molecule has 0 bridgehead atoms. The number of carbonyl (C=O) groups excluding carboxylic acids is 2. The zero-order valence-electron chi connectivity index (χ0n) is 15.7. The number of ether oxygens (including phenoxy) is 1. The highest BCUT2D eigenvalue weighted by atomic mass is 16.5. The van der Waals surface area contributed by atoms with Crippen molar-refractivity contribution in [1.82, 2.24) is 4.90 Å². The lowest BCUT2D eigenvalue weighted by molar-refractivity contribution is -0.142. The molecule has 0 unspecified atom stereocenters. The summed E-state index contributed by atoms with van der Waals surface area (Å²) in [6.45, 7) is 1.44. The highest BCUT2D eigenvalue weighted by molar-refractivity contribution is 5.97. The van der Waals surface area contributed by atoms with E-state index in [0.717, 1.165) is 43.1 Å². The molecule has 3 aromatic carbocycles. The maximum atomic E-state index is 13.1. The minimum absolute atomic E-state index is 0.139. The summed E-state index contributed by atoms with van der Waals surface area (Å²) in [5.41, 5.74) is 1.15. The van der Waals surface area contributed by atoms with Crippen LogP contribution in [0.1, 0.15) is 41.3 Å². The zero-order chi connectivity index (χ0) is 19.3. The standard InChI is InChI=1S/C24H23NO3/c26-23(25-15-7-2-8-16-25)22(19-10-3-1-4-11-19)28-24(27)21-14-13-18-9-5-6-12-20(18)17-21/h1,3-6,9-14,17,22H,2,7-8,15-16H2/t22-/m0/s1. The van der Waals surface area contributed by atoms with Gasteiger partial charge in [-0.2, -0.15) is 0 Å². The summed E-state index contributed by atoms with van der Waals surface area (Å²) in [5.74, 6) is -0.620. The van der Waals surface area contributed by atoms with Gasteiger partial charge in [0.25, 0.3) is 5.91 Å². The molecule has 1 aliphatic heterocycles. The first-order valence-corrected chi connectivity index (χ1v) is 9.76. The molecular formula is C24H23NO3. The normalized spacial score (nSPS) is 15.2. The molecule has 1 fully saturated rings. The predicted molar refractivity (Wildman–Crippen MR) is 109 cm³/mol. The van der Waals surface area contributed by atoms with Gasteiger partial charge in [0, 0.05) is 18.7 Å². The number of fused-ring (bicyclic) bond motifs is 1. The number of hydrogen-bond acceptors (Lipinski definition) is 3. The van der Waals surface area contributed by atoms with E-state index < -0.39 is 12.1 Å². The summed E-state index contributed by atoms with van der Waals surface area (Å²) in [7, 11) is 0. The van der Waals surface area contributed by atoms with E-state index in [4.69, 9.17) is 4.74 Å². The van der Waals surface area contributed by atoms with Crippen molar-refractivity contribution in [2.24, 2.45) is 0 Å². The molecule has 1 saturated heterocycles. The van der Waals surface area contributed by atoms with Gasteiger partial charge in [0.1, 0.15) is 0 Å². The molecule has 0 spiro atoms. The summed E-state index contributed by atoms with van der Waals surface area (Å²) in [4.78, 5) is 27.8. The third kappa shape index (κ3) is 3.91. The predicted octanol–water partition coefficient (Wildman–Crippen LogP) is 4.75. The highest BCUT2D eigenvalue weighted by Crippen LogP contribution is 2.25. The number of esters is 1. The van der Waals surface area contributed by atoms with Crippen LogP contribution < -0.4 is 0 Å². The largest absolute Gasteiger partial charge is 0.444 e. The molecule has 4 rings (SSSR count). The third-order valence-electron chi connectivity index (χ3n) is 5.20. The fourth-order valence-electron chi connectivity index (χ4n) is 3.66. The van der Waals surface area contributed by atoms with Crippen LogP contribution in [-0.2, 0) is 9.53 Å². The maximum absolute atomic E-state index is 13.1. The Morgan fingerprint density at radius 2 is 1.46 bits per heavy atom. The Morgan fingerprint density at radius 1 is 0.786 bits per heavy atom. The molecule has 0 aliphatic carbocycles. The van der Waals surface area contributed by atoms with Crippen LogP contribution in [0.3, 0.4) is 0 Å². The lowest BCUT2D eigenvalue weighted by atomic mass is 10.0. The zero-order valence-corrected chi connectivity index (χ0v) is 15.7. The van der Waals surface area contributed by atoms with Crippen molar-refractivity contribution in [3.8, 4) is 0 Å². The van der Waals surface area contributed by atoms with E-state index >= 15 is 0 Å². The van der Waals surface area contributed by atoms with E-state index in [9.17, 15) is 9.59 Å². The molecule has 1 heterocycles. The van der Waals surface area contributed by atoms with Crippen LogP contribution >= 0.6 is 0 Å². The summed E-state index contributed by atoms with van der Waals surface area (Å²) in [5, 5.41) is 2.03. The van der Waals surface area contributed by atoms with Crippen LogP contribution in [0, 0.1) is 0 Å². The number of amides is 1. The molecule has 1 aliphatic rings. The number of nitrogens with zero attached hydrogens (tertiary/aromatic N) is 1. The molecule has 142 valence electrons. The number of piperidine rings is 1. The van der Waals surface area contributed by atoms with Gasteiger partial charge in [-0.25, -0.2) is 4.79 Å². The monoisotopic (exact) mass is 373 g/mol. The minimum atomic E-state index is -0.918. The smallest absolute Gasteiger partial charge is 0.339 e. The van der Waals surface area contributed by atoms with Crippen molar-refractivity contribution in [2.45, 2.75) is 25.4 Å². The first-order valence-electron chi connectivity index (χ1n) is 9.76. The third-order valence-corrected chi connectivity index (χ3v) is 5.20. The SMILES string of the molecule is O=C(O[C@H](C(=O)N1CCCCC1)c1ccccc1)c1ccc2ccccc2c1. The van der Waals surface area contributed by atoms with E-state index in [0.29, 0.717) is 11.1 Å². The Hall–Kier alpha value is -3.14. The number of hydrogen-bond donors (Lipinski definition) is 0. The maximum Gasteiger partial charge on any atom is 0.339 e. The summed E-state index contributed by atoms with van der Waals surface area (Å²) in [6, 6.07) is 22.6. The van der Waals surface area contributed by atoms with Crippen molar-refractivity contribution < 1.29 is 14.3 Å². The van der Waals surface area contributed by atoms with Gasteiger partial charge >= 0.3 is 5.97 Å². The van der Waals surface area contributed by atoms with Crippen LogP contribution in [0.25, 0.3) is 10.8 Å². The van der Waals surface area contributed by atoms with Gasteiger partial charge < -0.3 is 9.64 Å². The van der Waals surface area contributed by atoms with Crippen molar-refractivity contribution >= 4 is 22.6 Å². The Kier molecular flexibility index (Phi) is 5.38. The minimum Gasteiger partial charge on any atom is -0.444 e. The van der Waals surface area contributed by atoms with E-state index in [1.165, 1.54) is 0 Å². The van der Waals surface area contributed by atoms with Gasteiger partial charge in [0.15, 0.2) is 0 Å². The van der Waals surface area contributed by atoms with E-state index in [-0.39, 0.29) is 5.91 Å². The summed E-state index contributed by atoms with van der Waals surface area (Å²) >= 11 is 0. The molecule has 0 N–H and O–H groups in total. The van der Waals surface area contributed by atoms with Gasteiger partial charge in [-0.3, -0.25) is 4.79 Å². The average Bonchev–Trinajstić information content (AvgIpc) is 2.77. The van der Waals surface area contributed by atoms with Crippen LogP contribution in [0.15, 0.2) is 72.8 Å². The first-order chi connectivity index (χ1) is 13.7. The number of benzene rings is 3. The second-order valence-electron chi connectivity index (χ2n) is 7.14. The topological polar surface area (TPSA) is 46.6 Å². The van der Waals surface area contributed by atoms with Crippen LogP contribution in [0.5, 0.6) is 0 Å². The number of rotatable bonds is 4. The van der Waals surface area contributed by atoms with Gasteiger partial charge in [0.05, 0.1) is 5.56 Å². The van der Waals surface area contributed by atoms with Gasteiger partial charge in [-0.1, -0.05) is 60.7 Å². The molecule has 3 aromatic rings. The summed E-state index contributed by atoms with van der Waals surface area (Å²) < 4.78 is 5.76. The molecule has 1 atom stereocenters. The molecule has 4 heteroatoms. The van der Waals surface area contributed by atoms with E-state index in [1.807, 2.05) is 71.6 Å². The summed E-state index contributed by atoms with van der Waals surface area (Å²) in [6.07, 6.45) is 2.20. The average molecular weight is 373 g/mol. The Balaban J connectivity index is 1.60. The Morgan fingerprint density at radius 3 is 2.21 bits per heavy atom.